The molecular weight excluding hydrogens is 389 g/mol. The number of halogens is 2. The third kappa shape index (κ3) is 3.56. The molecule has 7 heteroatoms. The fourth-order valence-electron chi connectivity index (χ4n) is 2.73. The molecule has 0 radical (unpaired) electrons. The van der Waals surface area contributed by atoms with Crippen LogP contribution in [-0.4, -0.2) is 17.3 Å². The molecule has 1 aliphatic rings. The van der Waals surface area contributed by atoms with Gasteiger partial charge in [-0.15, -0.1) is 11.3 Å². The molecule has 1 aliphatic heterocycles. The van der Waals surface area contributed by atoms with Crippen LogP contribution >= 0.6 is 34.5 Å². The fraction of sp³-hybridized carbons (Fsp3) is 0.158. The van der Waals surface area contributed by atoms with Crippen LogP contribution in [0.2, 0.25) is 10.0 Å². The first-order chi connectivity index (χ1) is 12.6. The quantitative estimate of drug-likeness (QED) is 0.543. The number of thiazole rings is 1. The zero-order valence-corrected chi connectivity index (χ0v) is 16.3. The lowest BCUT2D eigenvalue weighted by atomic mass is 10.0. The van der Waals surface area contributed by atoms with Crippen molar-refractivity contribution >= 4 is 45.4 Å². The van der Waals surface area contributed by atoms with Gasteiger partial charge in [0.05, 0.1) is 28.1 Å². The first-order valence-corrected chi connectivity index (χ1v) is 9.71. The summed E-state index contributed by atoms with van der Waals surface area (Å²) in [7, 11) is 0. The number of hydrogen-bond donors (Lipinski definition) is 1. The highest BCUT2D eigenvalue weighted by molar-refractivity contribution is 7.14. The van der Waals surface area contributed by atoms with Gasteiger partial charge < -0.3 is 4.74 Å². The molecule has 2 aromatic carbocycles. The van der Waals surface area contributed by atoms with E-state index >= 15 is 0 Å². The third-order valence-electron chi connectivity index (χ3n) is 4.05. The van der Waals surface area contributed by atoms with Crippen molar-refractivity contribution < 1.29 is 4.74 Å². The number of nitrogens with one attached hydrogen (secondary N) is 1. The van der Waals surface area contributed by atoms with Crippen molar-refractivity contribution in [3.63, 3.8) is 0 Å². The number of anilines is 1. The Bertz CT molecular complexity index is 1000. The summed E-state index contributed by atoms with van der Waals surface area (Å²) in [5.74, 6) is 0.873. The minimum atomic E-state index is 0.515. The van der Waals surface area contributed by atoms with Crippen LogP contribution in [0.1, 0.15) is 17.5 Å². The lowest BCUT2D eigenvalue weighted by molar-refractivity contribution is 0.320. The summed E-state index contributed by atoms with van der Waals surface area (Å²) >= 11 is 13.6. The van der Waals surface area contributed by atoms with Crippen LogP contribution < -0.4 is 10.2 Å². The minimum Gasteiger partial charge on any atom is -0.492 e. The Morgan fingerprint density at radius 3 is 2.88 bits per heavy atom. The van der Waals surface area contributed by atoms with Gasteiger partial charge in [-0.2, -0.15) is 5.10 Å². The Labute approximate surface area is 165 Å². The Morgan fingerprint density at radius 1 is 1.15 bits per heavy atom. The summed E-state index contributed by atoms with van der Waals surface area (Å²) in [4.78, 5) is 4.58. The highest BCUT2D eigenvalue weighted by atomic mass is 35.5. The fourth-order valence-corrected chi connectivity index (χ4v) is 3.69. The molecule has 0 saturated heterocycles. The smallest absolute Gasteiger partial charge is 0.203 e. The highest BCUT2D eigenvalue weighted by Gasteiger charge is 2.17. The number of aryl methyl sites for hydroxylation is 1. The summed E-state index contributed by atoms with van der Waals surface area (Å²) in [6.45, 7) is 2.69. The number of aromatic nitrogens is 1. The summed E-state index contributed by atoms with van der Waals surface area (Å²) in [5.41, 5.74) is 8.01. The Balaban J connectivity index is 1.56. The first-order valence-electron chi connectivity index (χ1n) is 8.07. The van der Waals surface area contributed by atoms with E-state index in [1.807, 2.05) is 29.6 Å². The van der Waals surface area contributed by atoms with Crippen molar-refractivity contribution in [1.29, 1.82) is 0 Å². The van der Waals surface area contributed by atoms with Crippen molar-refractivity contribution in [2.45, 2.75) is 13.3 Å². The van der Waals surface area contributed by atoms with Gasteiger partial charge in [-0.3, -0.25) is 5.43 Å². The van der Waals surface area contributed by atoms with Crippen LogP contribution in [0.25, 0.3) is 11.3 Å². The molecule has 1 aromatic heterocycles. The molecular formula is C19H15Cl2N3OS. The summed E-state index contributed by atoms with van der Waals surface area (Å²) in [6, 6.07) is 11.6. The van der Waals surface area contributed by atoms with Gasteiger partial charge in [-0.25, -0.2) is 4.98 Å². The number of rotatable bonds is 3. The second-order valence-electron chi connectivity index (χ2n) is 5.94. The Morgan fingerprint density at radius 2 is 2.04 bits per heavy atom. The van der Waals surface area contributed by atoms with Gasteiger partial charge in [-0.05, 0) is 31.2 Å². The zero-order valence-electron chi connectivity index (χ0n) is 13.9. The number of hydrazone groups is 1. The average Bonchev–Trinajstić information content (AvgIpc) is 3.11. The lowest BCUT2D eigenvalue weighted by Crippen LogP contribution is -2.17. The normalized spacial score (nSPS) is 14.8. The van der Waals surface area contributed by atoms with E-state index in [1.165, 1.54) is 16.9 Å². The van der Waals surface area contributed by atoms with Gasteiger partial charge in [0.1, 0.15) is 5.75 Å². The topological polar surface area (TPSA) is 46.5 Å². The van der Waals surface area contributed by atoms with E-state index in [9.17, 15) is 0 Å². The standard InChI is InChI=1S/C19H15Cl2N3OS/c1-11-2-5-18-13(8-11)16(6-7-25-18)23-24-19-22-17(10-26-19)12-3-4-14(20)15(21)9-12/h2-5,8-10H,6-7H2,1H3,(H,22,24)/b23-16+. The number of ether oxygens (including phenoxy) is 1. The number of fused-ring (bicyclic) bond motifs is 1. The van der Waals surface area contributed by atoms with Crippen LogP contribution in [0, 0.1) is 6.92 Å². The van der Waals surface area contributed by atoms with Crippen LogP contribution in [0.15, 0.2) is 46.9 Å². The monoisotopic (exact) mass is 403 g/mol. The van der Waals surface area contributed by atoms with Gasteiger partial charge in [0.25, 0.3) is 0 Å². The van der Waals surface area contributed by atoms with Crippen molar-refractivity contribution in [2.24, 2.45) is 5.10 Å². The van der Waals surface area contributed by atoms with Crippen LogP contribution in [0.5, 0.6) is 5.75 Å². The minimum absolute atomic E-state index is 0.515. The molecule has 1 N–H and O–H groups in total. The van der Waals surface area contributed by atoms with Crippen molar-refractivity contribution in [3.8, 4) is 17.0 Å². The van der Waals surface area contributed by atoms with E-state index in [0.717, 1.165) is 39.8 Å². The van der Waals surface area contributed by atoms with Crippen molar-refractivity contribution in [2.75, 3.05) is 12.0 Å². The molecule has 0 saturated carbocycles. The van der Waals surface area contributed by atoms with E-state index in [1.54, 1.807) is 6.07 Å². The molecule has 0 spiro atoms. The number of hydrogen-bond acceptors (Lipinski definition) is 5. The molecule has 3 aromatic rings. The van der Waals surface area contributed by atoms with E-state index in [0.29, 0.717) is 16.7 Å². The molecule has 132 valence electrons. The number of benzene rings is 2. The third-order valence-corrected chi connectivity index (χ3v) is 5.53. The van der Waals surface area contributed by atoms with Gasteiger partial charge in [-0.1, -0.05) is 40.9 Å². The van der Waals surface area contributed by atoms with E-state index in [-0.39, 0.29) is 0 Å². The molecule has 0 fully saturated rings. The highest BCUT2D eigenvalue weighted by Crippen LogP contribution is 2.31. The molecule has 0 bridgehead atoms. The first kappa shape index (κ1) is 17.3. The van der Waals surface area contributed by atoms with Crippen molar-refractivity contribution in [1.82, 2.24) is 4.98 Å². The predicted octanol–water partition coefficient (Wildman–Crippen LogP) is 6.02. The Hall–Kier alpha value is -2.08. The maximum absolute atomic E-state index is 6.09. The SMILES string of the molecule is Cc1ccc2c(c1)/C(=N/Nc1nc(-c3ccc(Cl)c(Cl)c3)cs1)CCO2. The van der Waals surface area contributed by atoms with Crippen molar-refractivity contribution in [3.05, 3.63) is 63.0 Å². The zero-order chi connectivity index (χ0) is 18.1. The molecule has 0 aliphatic carbocycles. The molecule has 0 atom stereocenters. The molecule has 4 rings (SSSR count). The van der Waals surface area contributed by atoms with Crippen LogP contribution in [0.4, 0.5) is 5.13 Å². The predicted molar refractivity (Wildman–Crippen MR) is 109 cm³/mol. The largest absolute Gasteiger partial charge is 0.492 e. The van der Waals surface area contributed by atoms with Gasteiger partial charge in [0.15, 0.2) is 0 Å². The van der Waals surface area contributed by atoms with Gasteiger partial charge in [0, 0.05) is 22.9 Å². The maximum atomic E-state index is 6.09. The summed E-state index contributed by atoms with van der Waals surface area (Å²) in [5, 5.41) is 8.29. The average molecular weight is 404 g/mol. The molecule has 0 unspecified atom stereocenters. The van der Waals surface area contributed by atoms with E-state index in [4.69, 9.17) is 27.9 Å². The van der Waals surface area contributed by atoms with E-state index in [2.05, 4.69) is 28.5 Å². The summed E-state index contributed by atoms with van der Waals surface area (Å²) in [6.07, 6.45) is 0.758. The second kappa shape index (κ2) is 7.27. The van der Waals surface area contributed by atoms with Gasteiger partial charge >= 0.3 is 0 Å². The molecule has 26 heavy (non-hydrogen) atoms. The summed E-state index contributed by atoms with van der Waals surface area (Å²) < 4.78 is 5.70. The molecule has 0 amide bonds. The number of nitrogens with zero attached hydrogens (tertiary/aromatic N) is 2. The lowest BCUT2D eigenvalue weighted by Gasteiger charge is -2.19. The van der Waals surface area contributed by atoms with E-state index < -0.39 is 0 Å². The molecule has 2 heterocycles. The van der Waals surface area contributed by atoms with Crippen LogP contribution in [-0.2, 0) is 0 Å². The Kier molecular flexibility index (Phi) is 4.85. The molecule has 4 nitrogen and oxygen atoms in total. The van der Waals surface area contributed by atoms with Crippen LogP contribution in [0.3, 0.4) is 0 Å². The second-order valence-corrected chi connectivity index (χ2v) is 7.61. The van der Waals surface area contributed by atoms with Gasteiger partial charge in [0.2, 0.25) is 5.13 Å². The maximum Gasteiger partial charge on any atom is 0.203 e.